The zero-order valence-corrected chi connectivity index (χ0v) is 27.0. The smallest absolute Gasteiger partial charge is 0.00834 e. The first-order valence-electron chi connectivity index (χ1n) is 16.1. The average Bonchev–Trinajstić information content (AvgIpc) is 2.97. The maximum atomic E-state index is 4.89. The highest BCUT2D eigenvalue weighted by molar-refractivity contribution is 4.81. The lowest BCUT2D eigenvalue weighted by atomic mass is 9.71. The summed E-state index contributed by atoms with van der Waals surface area (Å²) in [4.78, 5) is 0. The molecule has 0 bridgehead atoms. The third-order valence-corrected chi connectivity index (χ3v) is 6.27. The van der Waals surface area contributed by atoms with Gasteiger partial charge in [-0.1, -0.05) is 159 Å². The van der Waals surface area contributed by atoms with Crippen LogP contribution in [0, 0.1) is 30.1 Å². The minimum atomic E-state index is 0.917. The Kier molecular flexibility index (Phi) is 59.0. The van der Waals surface area contributed by atoms with E-state index in [1.54, 1.807) is 25.7 Å². The quantitative estimate of drug-likeness (QED) is 0.264. The van der Waals surface area contributed by atoms with Gasteiger partial charge in [-0.05, 0) is 37.0 Å². The second-order valence-electron chi connectivity index (χ2n) is 9.20. The fraction of sp³-hybridized carbons (Fsp3) is 0.886. The van der Waals surface area contributed by atoms with Crippen molar-refractivity contribution < 1.29 is 0 Å². The molecule has 0 unspecified atom stereocenters. The predicted octanol–water partition coefficient (Wildman–Crippen LogP) is 13.5. The summed E-state index contributed by atoms with van der Waals surface area (Å²) in [6, 6.07) is 0. The van der Waals surface area contributed by atoms with Crippen molar-refractivity contribution in [3.8, 4) is 12.3 Å². The molecular weight excluding hydrogens is 420 g/mol. The van der Waals surface area contributed by atoms with Crippen molar-refractivity contribution in [2.24, 2.45) is 17.8 Å². The van der Waals surface area contributed by atoms with Crippen molar-refractivity contribution in [3.63, 3.8) is 0 Å². The zero-order chi connectivity index (χ0) is 28.2. The van der Waals surface area contributed by atoms with Crippen molar-refractivity contribution in [1.82, 2.24) is 0 Å². The molecule has 0 amide bonds. The second-order valence-corrected chi connectivity index (χ2v) is 9.20. The molecule has 3 aliphatic rings. The van der Waals surface area contributed by atoms with Crippen LogP contribution in [0.4, 0.5) is 0 Å². The van der Waals surface area contributed by atoms with Gasteiger partial charge in [0.25, 0.3) is 0 Å². The number of hydrogen-bond acceptors (Lipinski definition) is 0. The van der Waals surface area contributed by atoms with Crippen LogP contribution in [-0.4, -0.2) is 0 Å². The van der Waals surface area contributed by atoms with Gasteiger partial charge in [-0.2, -0.15) is 0 Å². The fourth-order valence-electron chi connectivity index (χ4n) is 4.57. The van der Waals surface area contributed by atoms with E-state index in [1.165, 1.54) is 77.0 Å². The number of rotatable bonds is 2. The molecule has 0 aromatic rings. The average molecular weight is 495 g/mol. The molecule has 0 aromatic carbocycles. The standard InChI is InChI=1S/C13H24.C6H12.C5H8.C3H8.3C2H6.C2H4/c1-11-7-9-13(10-8-11)12-5-3-2-4-6-12;1-2-4-6-5-3-1;1-3-5-4-2;1-3-2;4*1-2/h11-13H,2-10H2,1H3;1-6H2;1H,4-5H2,2H3;3H2,1-2H3;3*1-2H3;1-2H2. The molecule has 0 saturated heterocycles. The van der Waals surface area contributed by atoms with Crippen LogP contribution in [0.3, 0.4) is 0 Å². The predicted molar refractivity (Wildman–Crippen MR) is 170 cm³/mol. The molecule has 0 radical (unpaired) electrons. The molecule has 3 rings (SSSR count). The maximum Gasteiger partial charge on any atom is 0.00834 e. The maximum absolute atomic E-state index is 4.89. The lowest BCUT2D eigenvalue weighted by Gasteiger charge is -2.34. The van der Waals surface area contributed by atoms with E-state index in [-0.39, 0.29) is 0 Å². The summed E-state index contributed by atoms with van der Waals surface area (Å²) in [6.07, 6.45) is 31.0. The van der Waals surface area contributed by atoms with Gasteiger partial charge in [-0.3, -0.25) is 0 Å². The molecule has 0 nitrogen and oxygen atoms in total. The van der Waals surface area contributed by atoms with Gasteiger partial charge in [0.05, 0.1) is 0 Å². The van der Waals surface area contributed by atoms with Crippen molar-refractivity contribution >= 4 is 0 Å². The van der Waals surface area contributed by atoms with E-state index in [0.717, 1.165) is 30.6 Å². The van der Waals surface area contributed by atoms with Crippen LogP contribution in [0.1, 0.15) is 185 Å². The highest BCUT2D eigenvalue weighted by atomic mass is 14.3. The van der Waals surface area contributed by atoms with Crippen molar-refractivity contribution in [2.75, 3.05) is 0 Å². The Labute approximate surface area is 227 Å². The molecule has 0 aliphatic heterocycles. The summed E-state index contributed by atoms with van der Waals surface area (Å²) in [5, 5.41) is 0. The molecule has 3 saturated carbocycles. The fourth-order valence-corrected chi connectivity index (χ4v) is 4.57. The van der Waals surface area contributed by atoms with Gasteiger partial charge >= 0.3 is 0 Å². The third-order valence-electron chi connectivity index (χ3n) is 6.27. The van der Waals surface area contributed by atoms with Crippen molar-refractivity contribution in [1.29, 1.82) is 0 Å². The molecule has 3 aliphatic carbocycles. The van der Waals surface area contributed by atoms with Gasteiger partial charge in [0, 0.05) is 6.42 Å². The molecule has 0 aromatic heterocycles. The van der Waals surface area contributed by atoms with Gasteiger partial charge in [0.2, 0.25) is 0 Å². The second kappa shape index (κ2) is 46.6. The van der Waals surface area contributed by atoms with Gasteiger partial charge in [-0.15, -0.1) is 25.5 Å². The van der Waals surface area contributed by atoms with Crippen molar-refractivity contribution in [3.05, 3.63) is 13.2 Å². The Morgan fingerprint density at radius 1 is 0.571 bits per heavy atom. The van der Waals surface area contributed by atoms with Gasteiger partial charge in [0.1, 0.15) is 0 Å². The third kappa shape index (κ3) is 38.0. The minimum Gasteiger partial charge on any atom is -0.120 e. The van der Waals surface area contributed by atoms with Gasteiger partial charge in [0.15, 0.2) is 0 Å². The lowest BCUT2D eigenvalue weighted by molar-refractivity contribution is 0.173. The summed E-state index contributed by atoms with van der Waals surface area (Å²) < 4.78 is 0. The van der Waals surface area contributed by atoms with Crippen LogP contribution in [0.25, 0.3) is 0 Å². The lowest BCUT2D eigenvalue weighted by Crippen LogP contribution is -2.22. The molecular formula is C35H74. The van der Waals surface area contributed by atoms with Crippen molar-refractivity contribution in [2.45, 2.75) is 185 Å². The number of unbranched alkanes of at least 4 members (excludes halogenated alkanes) is 1. The van der Waals surface area contributed by atoms with Crippen LogP contribution in [0.5, 0.6) is 0 Å². The molecule has 35 heavy (non-hydrogen) atoms. The van der Waals surface area contributed by atoms with E-state index < -0.39 is 0 Å². The van der Waals surface area contributed by atoms with E-state index in [0.29, 0.717) is 0 Å². The van der Waals surface area contributed by atoms with Crippen LogP contribution >= 0.6 is 0 Å². The summed E-state index contributed by atoms with van der Waals surface area (Å²) in [6.45, 7) is 26.7. The number of terminal acetylenes is 1. The highest BCUT2D eigenvalue weighted by Gasteiger charge is 2.26. The Morgan fingerprint density at radius 2 is 0.857 bits per heavy atom. The first-order valence-corrected chi connectivity index (χ1v) is 16.1. The first kappa shape index (κ1) is 44.3. The van der Waals surface area contributed by atoms with Crippen LogP contribution in [0.15, 0.2) is 13.2 Å². The van der Waals surface area contributed by atoms with Crippen LogP contribution < -0.4 is 0 Å². The Morgan fingerprint density at radius 3 is 1.11 bits per heavy atom. The first-order chi connectivity index (χ1) is 17.2. The van der Waals surface area contributed by atoms with E-state index >= 15 is 0 Å². The normalized spacial score (nSPS) is 20.1. The molecule has 0 heteroatoms. The summed E-state index contributed by atoms with van der Waals surface area (Å²) in [7, 11) is 0. The Hall–Kier alpha value is -0.700. The van der Waals surface area contributed by atoms with Gasteiger partial charge in [-0.25, -0.2) is 0 Å². The van der Waals surface area contributed by atoms with Gasteiger partial charge < -0.3 is 0 Å². The molecule has 0 heterocycles. The minimum absolute atomic E-state index is 0.917. The zero-order valence-electron chi connectivity index (χ0n) is 27.0. The van der Waals surface area contributed by atoms with Crippen LogP contribution in [0.2, 0.25) is 0 Å². The van der Waals surface area contributed by atoms with E-state index in [1.807, 2.05) is 41.5 Å². The van der Waals surface area contributed by atoms with E-state index in [9.17, 15) is 0 Å². The summed E-state index contributed by atoms with van der Waals surface area (Å²) in [5.41, 5.74) is 0. The topological polar surface area (TPSA) is 0 Å². The molecule has 0 spiro atoms. The SMILES string of the molecule is C#CCCC.C1CCCCC1.C=C.CC.CC.CC.CC1CCC(C2CCCCC2)CC1.CCC. The molecule has 0 atom stereocenters. The molecule has 0 N–H and O–H groups in total. The largest absolute Gasteiger partial charge is 0.120 e. The van der Waals surface area contributed by atoms with E-state index in [4.69, 9.17) is 6.42 Å². The monoisotopic (exact) mass is 495 g/mol. The Bertz CT molecular complexity index is 307. The van der Waals surface area contributed by atoms with E-state index in [2.05, 4.69) is 46.8 Å². The molecule has 214 valence electrons. The Balaban J connectivity index is -0.000000116. The number of hydrogen-bond donors (Lipinski definition) is 0. The molecule has 3 fully saturated rings. The highest BCUT2D eigenvalue weighted by Crippen LogP contribution is 2.39. The summed E-state index contributed by atoms with van der Waals surface area (Å²) >= 11 is 0. The summed E-state index contributed by atoms with van der Waals surface area (Å²) in [5.74, 6) is 5.79. The van der Waals surface area contributed by atoms with Crippen LogP contribution in [-0.2, 0) is 0 Å².